The lowest BCUT2D eigenvalue weighted by Gasteiger charge is -2.06. The Bertz CT molecular complexity index is 307. The van der Waals surface area contributed by atoms with E-state index in [1.54, 1.807) is 22.9 Å². The van der Waals surface area contributed by atoms with Gasteiger partial charge in [0.15, 0.2) is 0 Å². The molecule has 0 aromatic carbocycles. The number of hydrogen-bond donors (Lipinski definition) is 1. The molecule has 0 spiro atoms. The lowest BCUT2D eigenvalue weighted by atomic mass is 10.4. The molecule has 0 unspecified atom stereocenters. The van der Waals surface area contributed by atoms with Crippen LogP contribution in [-0.2, 0) is 11.3 Å². The van der Waals surface area contributed by atoms with E-state index >= 15 is 0 Å². The van der Waals surface area contributed by atoms with Crippen LogP contribution in [0.1, 0.15) is 30.3 Å². The maximum Gasteiger partial charge on any atom is 0.352 e. The Balaban J connectivity index is 2.31. The highest BCUT2D eigenvalue weighted by molar-refractivity contribution is 5.85. The van der Waals surface area contributed by atoms with Gasteiger partial charge in [0.1, 0.15) is 5.69 Å². The van der Waals surface area contributed by atoms with Gasteiger partial charge >= 0.3 is 5.97 Å². The van der Waals surface area contributed by atoms with Crippen LogP contribution in [-0.4, -0.2) is 28.9 Å². The van der Waals surface area contributed by atoms with Gasteiger partial charge in [-0.1, -0.05) is 6.92 Å². The van der Waals surface area contributed by atoms with Gasteiger partial charge in [0.25, 0.3) is 0 Å². The molecule has 0 aliphatic carbocycles. The first kappa shape index (κ1) is 11.8. The van der Waals surface area contributed by atoms with Crippen molar-refractivity contribution in [1.29, 1.82) is 0 Å². The number of carboxylic acid groups (broad SMARTS) is 1. The number of rotatable bonds is 7. The van der Waals surface area contributed by atoms with E-state index in [2.05, 4.69) is 6.92 Å². The highest BCUT2D eigenvalue weighted by Crippen LogP contribution is 2.03. The van der Waals surface area contributed by atoms with Crippen LogP contribution in [0.2, 0.25) is 0 Å². The Hall–Kier alpha value is -1.29. The number of hydrogen-bond acceptors (Lipinski definition) is 2. The summed E-state index contributed by atoms with van der Waals surface area (Å²) in [6, 6.07) is 3.35. The van der Waals surface area contributed by atoms with Gasteiger partial charge in [0.2, 0.25) is 0 Å². The van der Waals surface area contributed by atoms with Gasteiger partial charge in [-0.15, -0.1) is 0 Å². The molecular formula is C11H17NO3. The fourth-order valence-corrected chi connectivity index (χ4v) is 1.39. The van der Waals surface area contributed by atoms with E-state index in [4.69, 9.17) is 9.84 Å². The van der Waals surface area contributed by atoms with Crippen LogP contribution in [0.15, 0.2) is 18.3 Å². The van der Waals surface area contributed by atoms with Crippen LogP contribution >= 0.6 is 0 Å². The number of aromatic carboxylic acids is 1. The Morgan fingerprint density at radius 2 is 2.33 bits per heavy atom. The van der Waals surface area contributed by atoms with E-state index in [-0.39, 0.29) is 0 Å². The maximum absolute atomic E-state index is 10.8. The van der Waals surface area contributed by atoms with Crippen LogP contribution in [0.25, 0.3) is 0 Å². The summed E-state index contributed by atoms with van der Waals surface area (Å²) in [7, 11) is 0. The number of carbonyl (C=O) groups is 1. The molecule has 0 fully saturated rings. The van der Waals surface area contributed by atoms with Crippen molar-refractivity contribution in [3.05, 3.63) is 24.0 Å². The molecule has 1 heterocycles. The van der Waals surface area contributed by atoms with Crippen LogP contribution in [0, 0.1) is 0 Å². The number of nitrogens with zero attached hydrogens (tertiary/aromatic N) is 1. The van der Waals surface area contributed by atoms with Gasteiger partial charge in [-0.25, -0.2) is 4.79 Å². The van der Waals surface area contributed by atoms with E-state index in [0.717, 1.165) is 19.4 Å². The normalized spacial score (nSPS) is 10.5. The molecule has 1 N–H and O–H groups in total. The molecule has 0 amide bonds. The van der Waals surface area contributed by atoms with Gasteiger partial charge in [-0.05, 0) is 25.0 Å². The third-order valence-electron chi connectivity index (χ3n) is 2.08. The first-order chi connectivity index (χ1) is 7.25. The maximum atomic E-state index is 10.8. The third-order valence-corrected chi connectivity index (χ3v) is 2.08. The van der Waals surface area contributed by atoms with Crippen molar-refractivity contribution >= 4 is 5.97 Å². The molecule has 1 aromatic heterocycles. The quantitative estimate of drug-likeness (QED) is 0.702. The fraction of sp³-hybridized carbons (Fsp3) is 0.545. The van der Waals surface area contributed by atoms with Gasteiger partial charge in [0, 0.05) is 26.0 Å². The second kappa shape index (κ2) is 6.24. The van der Waals surface area contributed by atoms with E-state index in [0.29, 0.717) is 18.8 Å². The van der Waals surface area contributed by atoms with E-state index in [9.17, 15) is 4.79 Å². The average molecular weight is 211 g/mol. The van der Waals surface area contributed by atoms with Gasteiger partial charge in [-0.2, -0.15) is 0 Å². The minimum Gasteiger partial charge on any atom is -0.477 e. The third kappa shape index (κ3) is 3.75. The smallest absolute Gasteiger partial charge is 0.352 e. The zero-order valence-corrected chi connectivity index (χ0v) is 8.98. The summed E-state index contributed by atoms with van der Waals surface area (Å²) >= 11 is 0. The van der Waals surface area contributed by atoms with E-state index in [1.165, 1.54) is 0 Å². The van der Waals surface area contributed by atoms with Crippen LogP contribution in [0.5, 0.6) is 0 Å². The molecule has 0 bridgehead atoms. The number of aromatic nitrogens is 1. The minimum atomic E-state index is -0.880. The zero-order valence-electron chi connectivity index (χ0n) is 8.98. The van der Waals surface area contributed by atoms with Gasteiger partial charge < -0.3 is 14.4 Å². The van der Waals surface area contributed by atoms with Crippen molar-refractivity contribution < 1.29 is 14.6 Å². The lowest BCUT2D eigenvalue weighted by Crippen LogP contribution is -2.09. The fourth-order valence-electron chi connectivity index (χ4n) is 1.39. The summed E-state index contributed by atoms with van der Waals surface area (Å²) < 4.78 is 7.05. The topological polar surface area (TPSA) is 51.5 Å². The predicted octanol–water partition coefficient (Wildman–Crippen LogP) is 2.00. The first-order valence-electron chi connectivity index (χ1n) is 5.22. The Labute approximate surface area is 89.5 Å². The van der Waals surface area contributed by atoms with E-state index < -0.39 is 5.97 Å². The van der Waals surface area contributed by atoms with Crippen molar-refractivity contribution in [3.8, 4) is 0 Å². The van der Waals surface area contributed by atoms with Crippen molar-refractivity contribution in [3.63, 3.8) is 0 Å². The van der Waals surface area contributed by atoms with Crippen LogP contribution < -0.4 is 0 Å². The zero-order chi connectivity index (χ0) is 11.1. The molecule has 4 heteroatoms. The summed E-state index contributed by atoms with van der Waals surface area (Å²) in [5.74, 6) is -0.880. The summed E-state index contributed by atoms with van der Waals surface area (Å²) in [5.41, 5.74) is 0.338. The molecule has 0 radical (unpaired) electrons. The Morgan fingerprint density at radius 1 is 1.53 bits per heavy atom. The summed E-state index contributed by atoms with van der Waals surface area (Å²) in [5, 5.41) is 8.84. The van der Waals surface area contributed by atoms with Crippen LogP contribution in [0.3, 0.4) is 0 Å². The molecule has 0 atom stereocenters. The minimum absolute atomic E-state index is 0.338. The second-order valence-corrected chi connectivity index (χ2v) is 3.36. The average Bonchev–Trinajstić information content (AvgIpc) is 2.66. The van der Waals surface area contributed by atoms with Crippen molar-refractivity contribution in [2.45, 2.75) is 26.3 Å². The van der Waals surface area contributed by atoms with Crippen LogP contribution in [0.4, 0.5) is 0 Å². The first-order valence-corrected chi connectivity index (χ1v) is 5.22. The summed E-state index contributed by atoms with van der Waals surface area (Å²) in [6.45, 7) is 4.22. The van der Waals surface area contributed by atoms with Crippen molar-refractivity contribution in [2.75, 3.05) is 13.2 Å². The molecule has 4 nitrogen and oxygen atoms in total. The SMILES string of the molecule is CCCOCCCn1cccc1C(=O)O. The van der Waals surface area contributed by atoms with Gasteiger partial charge in [-0.3, -0.25) is 0 Å². The standard InChI is InChI=1S/C11H17NO3/c1-2-8-15-9-4-7-12-6-3-5-10(12)11(13)14/h3,5-6H,2,4,7-9H2,1H3,(H,13,14). The van der Waals surface area contributed by atoms with Gasteiger partial charge in [0.05, 0.1) is 0 Å². The second-order valence-electron chi connectivity index (χ2n) is 3.36. The summed E-state index contributed by atoms with van der Waals surface area (Å²) in [6.07, 6.45) is 3.64. The highest BCUT2D eigenvalue weighted by Gasteiger charge is 2.07. The molecule has 0 aliphatic heterocycles. The van der Waals surface area contributed by atoms with Crippen molar-refractivity contribution in [2.24, 2.45) is 0 Å². The monoisotopic (exact) mass is 211 g/mol. The number of aryl methyl sites for hydroxylation is 1. The molecule has 84 valence electrons. The Morgan fingerprint density at radius 3 is 3.00 bits per heavy atom. The molecule has 15 heavy (non-hydrogen) atoms. The van der Waals surface area contributed by atoms with E-state index in [1.807, 2.05) is 0 Å². The molecule has 0 saturated carbocycles. The molecule has 0 aliphatic rings. The molecular weight excluding hydrogens is 194 g/mol. The molecule has 1 rings (SSSR count). The predicted molar refractivity (Wildman–Crippen MR) is 57.1 cm³/mol. The van der Waals surface area contributed by atoms with Crippen molar-refractivity contribution in [1.82, 2.24) is 4.57 Å². The molecule has 1 aromatic rings. The largest absolute Gasteiger partial charge is 0.477 e. The number of ether oxygens (including phenoxy) is 1. The highest BCUT2D eigenvalue weighted by atomic mass is 16.5. The number of carboxylic acids is 1. The summed E-state index contributed by atoms with van der Waals surface area (Å²) in [4.78, 5) is 10.8. The lowest BCUT2D eigenvalue weighted by molar-refractivity contribution is 0.0683. The Kier molecular flexibility index (Phi) is 4.90. The molecule has 0 saturated heterocycles.